The van der Waals surface area contributed by atoms with Crippen molar-refractivity contribution in [1.29, 1.82) is 0 Å². The largest absolute Gasteiger partial charge is 0.380 e. The Hall–Kier alpha value is -0.610. The topological polar surface area (TPSA) is 37.0 Å². The average Bonchev–Trinajstić information content (AvgIpc) is 2.24. The maximum absolute atomic E-state index is 4.43. The first kappa shape index (κ1) is 12.8. The molecule has 1 fully saturated rings. The summed E-state index contributed by atoms with van der Waals surface area (Å²) >= 11 is 3.40. The van der Waals surface area contributed by atoms with E-state index in [1.165, 1.54) is 0 Å². The van der Waals surface area contributed by atoms with Crippen LogP contribution in [0.15, 0.2) is 16.7 Å². The molecule has 17 heavy (non-hydrogen) atoms. The Morgan fingerprint density at radius 2 is 2.24 bits per heavy atom. The highest BCUT2D eigenvalue weighted by Gasteiger charge is 2.32. The SMILES string of the molecule is Cc1nc(Br)ccc1NC1CCNCC1(C)C. The van der Waals surface area contributed by atoms with Crippen LogP contribution in [0.4, 0.5) is 5.69 Å². The Kier molecular flexibility index (Phi) is 3.73. The number of rotatable bonds is 2. The molecule has 2 heterocycles. The zero-order chi connectivity index (χ0) is 12.5. The number of pyridine rings is 1. The normalized spacial score (nSPS) is 23.4. The van der Waals surface area contributed by atoms with Gasteiger partial charge in [0.05, 0.1) is 11.4 Å². The minimum atomic E-state index is 0.276. The second-order valence-electron chi connectivity index (χ2n) is 5.42. The molecule has 94 valence electrons. The van der Waals surface area contributed by atoms with E-state index in [-0.39, 0.29) is 5.41 Å². The molecule has 1 atom stereocenters. The Balaban J connectivity index is 2.14. The summed E-state index contributed by atoms with van der Waals surface area (Å²) in [5.74, 6) is 0. The zero-order valence-electron chi connectivity index (χ0n) is 10.7. The highest BCUT2D eigenvalue weighted by Crippen LogP contribution is 2.29. The molecular weight excluding hydrogens is 278 g/mol. The van der Waals surface area contributed by atoms with Crippen molar-refractivity contribution in [3.8, 4) is 0 Å². The zero-order valence-corrected chi connectivity index (χ0v) is 12.3. The third-order valence-electron chi connectivity index (χ3n) is 3.52. The quantitative estimate of drug-likeness (QED) is 0.824. The molecule has 1 aliphatic heterocycles. The molecule has 0 amide bonds. The van der Waals surface area contributed by atoms with Crippen molar-refractivity contribution in [3.05, 3.63) is 22.4 Å². The molecular formula is C13H20BrN3. The molecule has 0 aliphatic carbocycles. The van der Waals surface area contributed by atoms with E-state index in [1.807, 2.05) is 13.0 Å². The van der Waals surface area contributed by atoms with Gasteiger partial charge in [0.15, 0.2) is 0 Å². The van der Waals surface area contributed by atoms with Crippen molar-refractivity contribution in [1.82, 2.24) is 10.3 Å². The molecule has 0 aromatic carbocycles. The summed E-state index contributed by atoms with van der Waals surface area (Å²) in [5.41, 5.74) is 2.47. The van der Waals surface area contributed by atoms with E-state index in [0.717, 1.165) is 35.5 Å². The smallest absolute Gasteiger partial charge is 0.106 e. The lowest BCUT2D eigenvalue weighted by Gasteiger charge is -2.40. The van der Waals surface area contributed by atoms with Crippen molar-refractivity contribution in [3.63, 3.8) is 0 Å². The number of nitrogens with zero attached hydrogens (tertiary/aromatic N) is 1. The maximum Gasteiger partial charge on any atom is 0.106 e. The summed E-state index contributed by atoms with van der Waals surface area (Å²) in [6.07, 6.45) is 1.16. The van der Waals surface area contributed by atoms with Crippen LogP contribution in [0.5, 0.6) is 0 Å². The predicted octanol–water partition coefficient (Wildman–Crippen LogP) is 2.95. The van der Waals surface area contributed by atoms with Crippen molar-refractivity contribution in [2.75, 3.05) is 18.4 Å². The van der Waals surface area contributed by atoms with Gasteiger partial charge < -0.3 is 10.6 Å². The van der Waals surface area contributed by atoms with Crippen LogP contribution in [-0.4, -0.2) is 24.1 Å². The van der Waals surface area contributed by atoms with Gasteiger partial charge in [-0.2, -0.15) is 0 Å². The van der Waals surface area contributed by atoms with E-state index >= 15 is 0 Å². The lowest BCUT2D eigenvalue weighted by Crippen LogP contribution is -2.49. The molecule has 1 saturated heterocycles. The van der Waals surface area contributed by atoms with Crippen LogP contribution in [0.25, 0.3) is 0 Å². The number of piperidine rings is 1. The molecule has 0 saturated carbocycles. The van der Waals surface area contributed by atoms with Gasteiger partial charge in [-0.1, -0.05) is 13.8 Å². The first-order chi connectivity index (χ1) is 7.99. The first-order valence-electron chi connectivity index (χ1n) is 6.09. The monoisotopic (exact) mass is 297 g/mol. The van der Waals surface area contributed by atoms with Gasteiger partial charge >= 0.3 is 0 Å². The lowest BCUT2D eigenvalue weighted by atomic mass is 9.80. The van der Waals surface area contributed by atoms with E-state index in [2.05, 4.69) is 51.5 Å². The van der Waals surface area contributed by atoms with Crippen LogP contribution in [-0.2, 0) is 0 Å². The maximum atomic E-state index is 4.43. The predicted molar refractivity (Wildman–Crippen MR) is 75.4 cm³/mol. The number of hydrogen-bond acceptors (Lipinski definition) is 3. The van der Waals surface area contributed by atoms with Gasteiger partial charge in [-0.25, -0.2) is 4.98 Å². The van der Waals surface area contributed by atoms with E-state index in [1.54, 1.807) is 0 Å². The van der Waals surface area contributed by atoms with Gasteiger partial charge in [0.25, 0.3) is 0 Å². The van der Waals surface area contributed by atoms with Crippen LogP contribution >= 0.6 is 15.9 Å². The number of aryl methyl sites for hydroxylation is 1. The van der Waals surface area contributed by atoms with E-state index in [4.69, 9.17) is 0 Å². The van der Waals surface area contributed by atoms with Gasteiger partial charge in [0.1, 0.15) is 4.60 Å². The minimum absolute atomic E-state index is 0.276. The van der Waals surface area contributed by atoms with Crippen LogP contribution in [0.3, 0.4) is 0 Å². The molecule has 4 heteroatoms. The molecule has 0 radical (unpaired) electrons. The van der Waals surface area contributed by atoms with E-state index < -0.39 is 0 Å². The van der Waals surface area contributed by atoms with Gasteiger partial charge in [-0.3, -0.25) is 0 Å². The fraction of sp³-hybridized carbons (Fsp3) is 0.615. The summed E-state index contributed by atoms with van der Waals surface area (Å²) < 4.78 is 0.894. The molecule has 1 aromatic heterocycles. The third kappa shape index (κ3) is 2.99. The van der Waals surface area contributed by atoms with Crippen LogP contribution in [0, 0.1) is 12.3 Å². The highest BCUT2D eigenvalue weighted by atomic mass is 79.9. The summed E-state index contributed by atoms with van der Waals surface area (Å²) in [7, 11) is 0. The van der Waals surface area contributed by atoms with Crippen molar-refractivity contribution >= 4 is 21.6 Å². The number of nitrogens with one attached hydrogen (secondary N) is 2. The molecule has 2 rings (SSSR count). The molecule has 1 unspecified atom stereocenters. The van der Waals surface area contributed by atoms with Crippen LogP contribution < -0.4 is 10.6 Å². The van der Waals surface area contributed by atoms with Crippen molar-refractivity contribution in [2.24, 2.45) is 5.41 Å². The molecule has 1 aliphatic rings. The Morgan fingerprint density at radius 1 is 1.47 bits per heavy atom. The summed E-state index contributed by atoms with van der Waals surface area (Å²) in [6, 6.07) is 4.60. The molecule has 1 aromatic rings. The molecule has 0 spiro atoms. The van der Waals surface area contributed by atoms with Crippen molar-refractivity contribution in [2.45, 2.75) is 33.2 Å². The van der Waals surface area contributed by atoms with Crippen molar-refractivity contribution < 1.29 is 0 Å². The fourth-order valence-corrected chi connectivity index (χ4v) is 2.71. The first-order valence-corrected chi connectivity index (χ1v) is 6.89. The standard InChI is InChI=1S/C13H20BrN3/c1-9-10(4-5-12(14)16-9)17-11-6-7-15-8-13(11,2)3/h4-5,11,15,17H,6-8H2,1-3H3. The molecule has 2 N–H and O–H groups in total. The Morgan fingerprint density at radius 3 is 2.88 bits per heavy atom. The van der Waals surface area contributed by atoms with E-state index in [9.17, 15) is 0 Å². The second-order valence-corrected chi connectivity index (χ2v) is 6.23. The number of hydrogen-bond donors (Lipinski definition) is 2. The van der Waals surface area contributed by atoms with Crippen LogP contribution in [0.1, 0.15) is 26.0 Å². The Bertz CT molecular complexity index is 404. The fourth-order valence-electron chi connectivity index (χ4n) is 2.31. The molecule has 0 bridgehead atoms. The summed E-state index contributed by atoms with van der Waals surface area (Å²) in [6.45, 7) is 8.80. The third-order valence-corrected chi connectivity index (χ3v) is 3.96. The van der Waals surface area contributed by atoms with Gasteiger partial charge in [-0.15, -0.1) is 0 Å². The highest BCUT2D eigenvalue weighted by molar-refractivity contribution is 9.10. The number of aromatic nitrogens is 1. The summed E-state index contributed by atoms with van der Waals surface area (Å²) in [4.78, 5) is 4.43. The number of anilines is 1. The summed E-state index contributed by atoms with van der Waals surface area (Å²) in [5, 5.41) is 7.09. The van der Waals surface area contributed by atoms with E-state index in [0.29, 0.717) is 6.04 Å². The second kappa shape index (κ2) is 4.94. The van der Waals surface area contributed by atoms with Crippen LogP contribution in [0.2, 0.25) is 0 Å². The van der Waals surface area contributed by atoms with Gasteiger partial charge in [-0.05, 0) is 53.4 Å². The van der Waals surface area contributed by atoms with Gasteiger partial charge in [0.2, 0.25) is 0 Å². The number of halogens is 1. The molecule has 3 nitrogen and oxygen atoms in total. The average molecular weight is 298 g/mol. The lowest BCUT2D eigenvalue weighted by molar-refractivity contribution is 0.236. The minimum Gasteiger partial charge on any atom is -0.380 e. The Labute approximate surface area is 112 Å². The van der Waals surface area contributed by atoms with Gasteiger partial charge in [0, 0.05) is 12.6 Å².